The molecule has 1 aromatic carbocycles. The zero-order chi connectivity index (χ0) is 16.2. The lowest BCUT2D eigenvalue weighted by Gasteiger charge is -2.02. The number of hydrogen-bond donors (Lipinski definition) is 2. The van der Waals surface area contributed by atoms with Gasteiger partial charge in [-0.05, 0) is 24.3 Å². The molecule has 3 rings (SSSR count). The van der Waals surface area contributed by atoms with E-state index in [9.17, 15) is 15.0 Å². The average molecular weight is 329 g/mol. The van der Waals surface area contributed by atoms with Gasteiger partial charge in [-0.3, -0.25) is 9.78 Å². The molecule has 116 valence electrons. The molecule has 8 heteroatoms. The smallest absolute Gasteiger partial charge is 0.277 e. The van der Waals surface area contributed by atoms with E-state index in [1.165, 1.54) is 12.1 Å². The van der Waals surface area contributed by atoms with Crippen LogP contribution in [-0.4, -0.2) is 36.9 Å². The van der Waals surface area contributed by atoms with E-state index < -0.39 is 0 Å². The third kappa shape index (κ3) is 3.49. The average Bonchev–Trinajstić information content (AvgIpc) is 3.02. The molecule has 0 saturated carbocycles. The first kappa shape index (κ1) is 15.0. The van der Waals surface area contributed by atoms with Gasteiger partial charge in [0.15, 0.2) is 5.78 Å². The number of aromatic hydroxyl groups is 2. The van der Waals surface area contributed by atoms with E-state index in [0.29, 0.717) is 11.5 Å². The van der Waals surface area contributed by atoms with Crippen LogP contribution in [0.3, 0.4) is 0 Å². The standard InChI is InChI=1S/C15H11N3O4S/c19-10-3-4-11(12(20)6-10)13(21)8-23-15-18-17-14(22-15)9-2-1-5-16-7-9/h1-7,19-20H,8H2. The number of rotatable bonds is 5. The summed E-state index contributed by atoms with van der Waals surface area (Å²) in [5.41, 5.74) is 0.816. The molecule has 0 unspecified atom stereocenters. The normalized spacial score (nSPS) is 10.6. The lowest BCUT2D eigenvalue weighted by molar-refractivity contribution is 0.101. The third-order valence-corrected chi connectivity index (χ3v) is 3.74. The minimum absolute atomic E-state index is 0.0208. The van der Waals surface area contributed by atoms with Crippen LogP contribution in [-0.2, 0) is 0 Å². The Hall–Kier alpha value is -2.87. The zero-order valence-electron chi connectivity index (χ0n) is 11.7. The number of thioether (sulfide) groups is 1. The second-order valence-electron chi connectivity index (χ2n) is 4.53. The first-order chi connectivity index (χ1) is 11.1. The van der Waals surface area contributed by atoms with Gasteiger partial charge >= 0.3 is 0 Å². The van der Waals surface area contributed by atoms with E-state index in [-0.39, 0.29) is 33.8 Å². The highest BCUT2D eigenvalue weighted by molar-refractivity contribution is 7.99. The fraction of sp³-hybridized carbons (Fsp3) is 0.0667. The predicted molar refractivity (Wildman–Crippen MR) is 82.4 cm³/mol. The Morgan fingerprint density at radius 1 is 1.22 bits per heavy atom. The van der Waals surface area contributed by atoms with Crippen molar-refractivity contribution in [3.63, 3.8) is 0 Å². The molecule has 0 aliphatic rings. The molecule has 0 aliphatic heterocycles. The Morgan fingerprint density at radius 3 is 2.83 bits per heavy atom. The summed E-state index contributed by atoms with van der Waals surface area (Å²) in [7, 11) is 0. The van der Waals surface area contributed by atoms with E-state index in [2.05, 4.69) is 15.2 Å². The molecule has 0 saturated heterocycles. The van der Waals surface area contributed by atoms with Crippen LogP contribution in [0.1, 0.15) is 10.4 Å². The van der Waals surface area contributed by atoms with Crippen molar-refractivity contribution < 1.29 is 19.4 Å². The van der Waals surface area contributed by atoms with Gasteiger partial charge in [0.25, 0.3) is 5.22 Å². The maximum absolute atomic E-state index is 12.1. The Balaban J connectivity index is 1.67. The zero-order valence-corrected chi connectivity index (χ0v) is 12.5. The van der Waals surface area contributed by atoms with Crippen LogP contribution in [0.4, 0.5) is 0 Å². The number of carbonyl (C=O) groups is 1. The number of phenols is 2. The highest BCUT2D eigenvalue weighted by atomic mass is 32.2. The monoisotopic (exact) mass is 329 g/mol. The maximum atomic E-state index is 12.1. The SMILES string of the molecule is O=C(CSc1nnc(-c2cccnc2)o1)c1ccc(O)cc1O. The number of nitrogens with zero attached hydrogens (tertiary/aromatic N) is 3. The Morgan fingerprint density at radius 2 is 2.09 bits per heavy atom. The maximum Gasteiger partial charge on any atom is 0.277 e. The molecule has 2 aromatic heterocycles. The van der Waals surface area contributed by atoms with Crippen LogP contribution >= 0.6 is 11.8 Å². The molecule has 2 N–H and O–H groups in total. The lowest BCUT2D eigenvalue weighted by Crippen LogP contribution is -2.02. The van der Waals surface area contributed by atoms with Gasteiger partial charge in [-0.1, -0.05) is 11.8 Å². The second kappa shape index (κ2) is 6.49. The van der Waals surface area contributed by atoms with Crippen LogP contribution in [0.2, 0.25) is 0 Å². The summed E-state index contributed by atoms with van der Waals surface area (Å²) in [5.74, 6) is -0.344. The highest BCUT2D eigenvalue weighted by Gasteiger charge is 2.15. The van der Waals surface area contributed by atoms with Crippen molar-refractivity contribution in [3.05, 3.63) is 48.3 Å². The van der Waals surface area contributed by atoms with Crippen LogP contribution in [0, 0.1) is 0 Å². The number of phenolic OH excluding ortho intramolecular Hbond substituents is 2. The highest BCUT2D eigenvalue weighted by Crippen LogP contribution is 2.26. The fourth-order valence-corrected chi connectivity index (χ4v) is 2.48. The number of carbonyl (C=O) groups excluding carboxylic acids is 1. The molecule has 7 nitrogen and oxygen atoms in total. The van der Waals surface area contributed by atoms with E-state index in [0.717, 1.165) is 17.8 Å². The summed E-state index contributed by atoms with van der Waals surface area (Å²) < 4.78 is 5.45. The van der Waals surface area contributed by atoms with Gasteiger partial charge < -0.3 is 14.6 Å². The lowest BCUT2D eigenvalue weighted by atomic mass is 10.1. The van der Waals surface area contributed by atoms with Crippen LogP contribution < -0.4 is 0 Å². The largest absolute Gasteiger partial charge is 0.508 e. The number of benzene rings is 1. The summed E-state index contributed by atoms with van der Waals surface area (Å²) in [6, 6.07) is 7.36. The second-order valence-corrected chi connectivity index (χ2v) is 5.45. The van der Waals surface area contributed by atoms with Crippen molar-refractivity contribution in [1.29, 1.82) is 0 Å². The van der Waals surface area contributed by atoms with Gasteiger partial charge in [-0.15, -0.1) is 10.2 Å². The van der Waals surface area contributed by atoms with E-state index in [1.54, 1.807) is 24.5 Å². The molecule has 0 spiro atoms. The number of pyridine rings is 1. The van der Waals surface area contributed by atoms with Crippen molar-refractivity contribution in [3.8, 4) is 23.0 Å². The van der Waals surface area contributed by atoms with Crippen molar-refractivity contribution in [2.24, 2.45) is 0 Å². The van der Waals surface area contributed by atoms with E-state index in [1.807, 2.05) is 0 Å². The van der Waals surface area contributed by atoms with Crippen molar-refractivity contribution in [2.45, 2.75) is 5.22 Å². The van der Waals surface area contributed by atoms with Gasteiger partial charge in [0.2, 0.25) is 5.89 Å². The summed E-state index contributed by atoms with van der Waals surface area (Å²) in [6.07, 6.45) is 3.24. The molecule has 0 atom stereocenters. The molecule has 0 aliphatic carbocycles. The van der Waals surface area contributed by atoms with Crippen LogP contribution in [0.25, 0.3) is 11.5 Å². The van der Waals surface area contributed by atoms with E-state index in [4.69, 9.17) is 4.42 Å². The molecule has 3 aromatic rings. The Labute approximate surface area is 135 Å². The molecular formula is C15H11N3O4S. The topological polar surface area (TPSA) is 109 Å². The number of hydrogen-bond acceptors (Lipinski definition) is 8. The Bertz CT molecular complexity index is 836. The van der Waals surface area contributed by atoms with Gasteiger partial charge in [0, 0.05) is 18.5 Å². The molecule has 0 fully saturated rings. The summed E-state index contributed by atoms with van der Waals surface area (Å²) in [4.78, 5) is 16.0. The molecule has 2 heterocycles. The molecular weight excluding hydrogens is 318 g/mol. The van der Waals surface area contributed by atoms with Crippen LogP contribution in [0.5, 0.6) is 11.5 Å². The first-order valence-corrected chi connectivity index (χ1v) is 7.54. The predicted octanol–water partition coefficient (Wildman–Crippen LogP) is 2.52. The quantitative estimate of drug-likeness (QED) is 0.543. The van der Waals surface area contributed by atoms with Gasteiger partial charge in [0.05, 0.1) is 16.9 Å². The van der Waals surface area contributed by atoms with Gasteiger partial charge in [-0.2, -0.15) is 0 Å². The molecule has 0 amide bonds. The van der Waals surface area contributed by atoms with Crippen molar-refractivity contribution in [1.82, 2.24) is 15.2 Å². The summed E-state index contributed by atoms with van der Waals surface area (Å²) in [5, 5.41) is 26.9. The summed E-state index contributed by atoms with van der Waals surface area (Å²) >= 11 is 1.07. The number of aromatic nitrogens is 3. The summed E-state index contributed by atoms with van der Waals surface area (Å²) in [6.45, 7) is 0. The van der Waals surface area contributed by atoms with Crippen LogP contribution in [0.15, 0.2) is 52.4 Å². The number of Topliss-reactive ketones (excluding diaryl/α,β-unsaturated/α-hetero) is 1. The first-order valence-electron chi connectivity index (χ1n) is 6.55. The Kier molecular flexibility index (Phi) is 4.24. The molecule has 23 heavy (non-hydrogen) atoms. The molecule has 0 bridgehead atoms. The third-order valence-electron chi connectivity index (χ3n) is 2.92. The van der Waals surface area contributed by atoms with E-state index >= 15 is 0 Å². The molecule has 0 radical (unpaired) electrons. The van der Waals surface area contributed by atoms with Crippen molar-refractivity contribution in [2.75, 3.05) is 5.75 Å². The number of ketones is 1. The minimum atomic E-state index is -0.311. The van der Waals surface area contributed by atoms with Gasteiger partial charge in [0.1, 0.15) is 11.5 Å². The van der Waals surface area contributed by atoms with Crippen molar-refractivity contribution >= 4 is 17.5 Å². The minimum Gasteiger partial charge on any atom is -0.508 e. The van der Waals surface area contributed by atoms with Gasteiger partial charge in [-0.25, -0.2) is 0 Å². The fourth-order valence-electron chi connectivity index (χ4n) is 1.83.